The average Bonchev–Trinajstić information content (AvgIpc) is 2.30. The zero-order chi connectivity index (χ0) is 11.2. The standard InChI is InChI=1S/C13H27N3/c14-13-6-4-9-16(12-13)11-5-10-15-7-2-1-3-8-15/h13H,1-12,14H2/t13-/m0/s1. The molecule has 0 aliphatic carbocycles. The molecule has 2 saturated heterocycles. The lowest BCUT2D eigenvalue weighted by Gasteiger charge is -2.32. The van der Waals surface area contributed by atoms with Crippen LogP contribution in [0.4, 0.5) is 0 Å². The average molecular weight is 225 g/mol. The monoisotopic (exact) mass is 225 g/mol. The van der Waals surface area contributed by atoms with E-state index in [1.54, 1.807) is 0 Å². The molecular weight excluding hydrogens is 198 g/mol. The summed E-state index contributed by atoms with van der Waals surface area (Å²) in [7, 11) is 0. The van der Waals surface area contributed by atoms with Crippen LogP contribution in [0.1, 0.15) is 38.5 Å². The van der Waals surface area contributed by atoms with E-state index in [1.165, 1.54) is 71.2 Å². The fourth-order valence-corrected chi connectivity index (χ4v) is 3.00. The van der Waals surface area contributed by atoms with Crippen LogP contribution >= 0.6 is 0 Å². The number of piperidine rings is 2. The Labute approximate surface area is 100.0 Å². The molecule has 0 spiro atoms. The quantitative estimate of drug-likeness (QED) is 0.782. The molecule has 2 fully saturated rings. The molecule has 2 heterocycles. The van der Waals surface area contributed by atoms with Crippen LogP contribution in [0.5, 0.6) is 0 Å². The van der Waals surface area contributed by atoms with E-state index >= 15 is 0 Å². The van der Waals surface area contributed by atoms with Crippen LogP contribution in [0.15, 0.2) is 0 Å². The van der Waals surface area contributed by atoms with Crippen LogP contribution in [0, 0.1) is 0 Å². The zero-order valence-corrected chi connectivity index (χ0v) is 10.5. The first kappa shape index (κ1) is 12.3. The van der Waals surface area contributed by atoms with Crippen molar-refractivity contribution in [2.24, 2.45) is 5.73 Å². The van der Waals surface area contributed by atoms with E-state index in [2.05, 4.69) is 9.80 Å². The molecule has 94 valence electrons. The van der Waals surface area contributed by atoms with Gasteiger partial charge in [-0.25, -0.2) is 0 Å². The van der Waals surface area contributed by atoms with Gasteiger partial charge in [0.05, 0.1) is 0 Å². The summed E-state index contributed by atoms with van der Waals surface area (Å²) in [6, 6.07) is 0.434. The molecule has 0 amide bonds. The van der Waals surface area contributed by atoms with Gasteiger partial charge in [-0.3, -0.25) is 0 Å². The molecule has 3 heteroatoms. The Morgan fingerprint density at radius 2 is 1.56 bits per heavy atom. The highest BCUT2D eigenvalue weighted by atomic mass is 15.2. The summed E-state index contributed by atoms with van der Waals surface area (Å²) in [6.45, 7) is 7.61. The Bertz CT molecular complexity index is 190. The van der Waals surface area contributed by atoms with Crippen molar-refractivity contribution >= 4 is 0 Å². The fraction of sp³-hybridized carbons (Fsp3) is 1.00. The van der Waals surface area contributed by atoms with Gasteiger partial charge in [-0.1, -0.05) is 6.42 Å². The number of hydrogen-bond donors (Lipinski definition) is 1. The Balaban J connectivity index is 1.56. The molecule has 0 bridgehead atoms. The molecule has 0 saturated carbocycles. The third-order valence-electron chi connectivity index (χ3n) is 3.94. The van der Waals surface area contributed by atoms with Crippen molar-refractivity contribution in [2.75, 3.05) is 39.3 Å². The minimum atomic E-state index is 0.434. The predicted molar refractivity (Wildman–Crippen MR) is 68.6 cm³/mol. The summed E-state index contributed by atoms with van der Waals surface area (Å²) >= 11 is 0. The van der Waals surface area contributed by atoms with E-state index in [-0.39, 0.29) is 0 Å². The zero-order valence-electron chi connectivity index (χ0n) is 10.5. The topological polar surface area (TPSA) is 32.5 Å². The summed E-state index contributed by atoms with van der Waals surface area (Å²) in [6.07, 6.45) is 8.11. The van der Waals surface area contributed by atoms with Crippen molar-refractivity contribution < 1.29 is 0 Å². The van der Waals surface area contributed by atoms with Gasteiger partial charge >= 0.3 is 0 Å². The van der Waals surface area contributed by atoms with Crippen molar-refractivity contribution in [1.82, 2.24) is 9.80 Å². The number of nitrogens with two attached hydrogens (primary N) is 1. The van der Waals surface area contributed by atoms with Gasteiger partial charge in [0.15, 0.2) is 0 Å². The second kappa shape index (κ2) is 6.58. The Kier molecular flexibility index (Phi) is 5.07. The second-order valence-corrected chi connectivity index (χ2v) is 5.46. The van der Waals surface area contributed by atoms with E-state index < -0.39 is 0 Å². The molecule has 3 nitrogen and oxygen atoms in total. The van der Waals surface area contributed by atoms with Crippen LogP contribution in [0.2, 0.25) is 0 Å². The Hall–Kier alpha value is -0.120. The maximum absolute atomic E-state index is 5.99. The maximum atomic E-state index is 5.99. The molecule has 0 unspecified atom stereocenters. The lowest BCUT2D eigenvalue weighted by Crippen LogP contribution is -2.43. The van der Waals surface area contributed by atoms with Gasteiger partial charge in [0, 0.05) is 12.6 Å². The number of rotatable bonds is 4. The smallest absolute Gasteiger partial charge is 0.0168 e. The van der Waals surface area contributed by atoms with Crippen molar-refractivity contribution in [2.45, 2.75) is 44.6 Å². The van der Waals surface area contributed by atoms with E-state index in [0.717, 1.165) is 6.54 Å². The van der Waals surface area contributed by atoms with Crippen LogP contribution in [-0.2, 0) is 0 Å². The molecule has 2 N–H and O–H groups in total. The molecule has 1 atom stereocenters. The predicted octanol–water partition coefficient (Wildman–Crippen LogP) is 1.29. The summed E-state index contributed by atoms with van der Waals surface area (Å²) in [5.74, 6) is 0. The molecule has 2 rings (SSSR count). The highest BCUT2D eigenvalue weighted by Gasteiger charge is 2.16. The van der Waals surface area contributed by atoms with Crippen LogP contribution in [0.25, 0.3) is 0 Å². The summed E-state index contributed by atoms with van der Waals surface area (Å²) < 4.78 is 0. The van der Waals surface area contributed by atoms with Gasteiger partial charge in [0.1, 0.15) is 0 Å². The minimum absolute atomic E-state index is 0.434. The van der Waals surface area contributed by atoms with Gasteiger partial charge in [-0.15, -0.1) is 0 Å². The van der Waals surface area contributed by atoms with Crippen LogP contribution < -0.4 is 5.73 Å². The first-order valence-electron chi connectivity index (χ1n) is 7.05. The lowest BCUT2D eigenvalue weighted by atomic mass is 10.1. The van der Waals surface area contributed by atoms with E-state index in [0.29, 0.717) is 6.04 Å². The normalized spacial score (nSPS) is 29.4. The molecule has 16 heavy (non-hydrogen) atoms. The molecule has 0 radical (unpaired) electrons. The third kappa shape index (κ3) is 4.04. The largest absolute Gasteiger partial charge is 0.327 e. The molecule has 2 aliphatic heterocycles. The molecule has 0 aromatic rings. The van der Waals surface area contributed by atoms with Gasteiger partial charge in [0.25, 0.3) is 0 Å². The van der Waals surface area contributed by atoms with Gasteiger partial charge in [0.2, 0.25) is 0 Å². The second-order valence-electron chi connectivity index (χ2n) is 5.46. The van der Waals surface area contributed by atoms with Gasteiger partial charge in [-0.2, -0.15) is 0 Å². The first-order chi connectivity index (χ1) is 7.84. The summed E-state index contributed by atoms with van der Waals surface area (Å²) in [5.41, 5.74) is 5.99. The molecule has 0 aromatic heterocycles. The first-order valence-corrected chi connectivity index (χ1v) is 7.05. The lowest BCUT2D eigenvalue weighted by molar-refractivity contribution is 0.179. The van der Waals surface area contributed by atoms with Crippen LogP contribution in [0.3, 0.4) is 0 Å². The molecule has 2 aliphatic rings. The highest BCUT2D eigenvalue weighted by Crippen LogP contribution is 2.11. The summed E-state index contributed by atoms with van der Waals surface area (Å²) in [5, 5.41) is 0. The van der Waals surface area contributed by atoms with Crippen molar-refractivity contribution in [3.8, 4) is 0 Å². The Morgan fingerprint density at radius 3 is 2.31 bits per heavy atom. The SMILES string of the molecule is N[C@H]1CCCN(CCCN2CCCCC2)C1. The Morgan fingerprint density at radius 1 is 0.875 bits per heavy atom. The van der Waals surface area contributed by atoms with Crippen molar-refractivity contribution in [3.63, 3.8) is 0 Å². The van der Waals surface area contributed by atoms with Gasteiger partial charge < -0.3 is 15.5 Å². The number of likely N-dealkylation sites (tertiary alicyclic amines) is 2. The van der Waals surface area contributed by atoms with Crippen molar-refractivity contribution in [1.29, 1.82) is 0 Å². The molecule has 0 aromatic carbocycles. The number of hydrogen-bond acceptors (Lipinski definition) is 3. The summed E-state index contributed by atoms with van der Waals surface area (Å²) in [4.78, 5) is 5.19. The fourth-order valence-electron chi connectivity index (χ4n) is 3.00. The van der Waals surface area contributed by atoms with E-state index in [1.807, 2.05) is 0 Å². The van der Waals surface area contributed by atoms with E-state index in [4.69, 9.17) is 5.73 Å². The third-order valence-corrected chi connectivity index (χ3v) is 3.94. The van der Waals surface area contributed by atoms with Gasteiger partial charge in [-0.05, 0) is 64.8 Å². The molecular formula is C13H27N3. The maximum Gasteiger partial charge on any atom is 0.0168 e. The van der Waals surface area contributed by atoms with Crippen molar-refractivity contribution in [3.05, 3.63) is 0 Å². The highest BCUT2D eigenvalue weighted by molar-refractivity contribution is 4.75. The minimum Gasteiger partial charge on any atom is -0.327 e. The van der Waals surface area contributed by atoms with E-state index in [9.17, 15) is 0 Å². The number of nitrogens with zero attached hydrogens (tertiary/aromatic N) is 2. The van der Waals surface area contributed by atoms with Crippen LogP contribution in [-0.4, -0.2) is 55.1 Å².